The first-order chi connectivity index (χ1) is 12.8. The molecule has 3 nitrogen and oxygen atoms in total. The standard InChI is InChI=1S/C23H25N3/c1-17(18-8-4-2-5-9-18)26-21-12-15-24-16-20(21)22(25-26)23(13-14-23)19-10-6-3-7-11-19/h2-11,17,24H,12-16H2,1H3. The van der Waals surface area contributed by atoms with Crippen LogP contribution < -0.4 is 5.32 Å². The second kappa shape index (κ2) is 6.10. The van der Waals surface area contributed by atoms with Crippen LogP contribution in [0.25, 0.3) is 0 Å². The number of hydrogen-bond acceptors (Lipinski definition) is 2. The molecule has 26 heavy (non-hydrogen) atoms. The van der Waals surface area contributed by atoms with Gasteiger partial charge in [-0.3, -0.25) is 4.68 Å². The van der Waals surface area contributed by atoms with E-state index in [1.54, 1.807) is 0 Å². The third-order valence-corrected chi connectivity index (χ3v) is 6.14. The summed E-state index contributed by atoms with van der Waals surface area (Å²) in [7, 11) is 0. The van der Waals surface area contributed by atoms with E-state index in [2.05, 4.69) is 77.6 Å². The molecule has 1 fully saturated rings. The lowest BCUT2D eigenvalue weighted by atomic mass is 9.88. The van der Waals surface area contributed by atoms with Crippen molar-refractivity contribution in [2.75, 3.05) is 6.54 Å². The van der Waals surface area contributed by atoms with Crippen LogP contribution in [-0.2, 0) is 18.4 Å². The predicted octanol–water partition coefficient (Wildman–Crippen LogP) is 4.22. The van der Waals surface area contributed by atoms with Crippen molar-refractivity contribution in [2.24, 2.45) is 0 Å². The van der Waals surface area contributed by atoms with Gasteiger partial charge >= 0.3 is 0 Å². The van der Waals surface area contributed by atoms with E-state index in [0.29, 0.717) is 0 Å². The summed E-state index contributed by atoms with van der Waals surface area (Å²) in [4.78, 5) is 0. The molecule has 1 unspecified atom stereocenters. The van der Waals surface area contributed by atoms with Crippen molar-refractivity contribution in [3.05, 3.63) is 88.7 Å². The summed E-state index contributed by atoms with van der Waals surface area (Å²) in [6.45, 7) is 4.26. The Morgan fingerprint density at radius 3 is 2.38 bits per heavy atom. The van der Waals surface area contributed by atoms with Crippen LogP contribution in [0.15, 0.2) is 60.7 Å². The molecule has 132 valence electrons. The molecular weight excluding hydrogens is 318 g/mol. The van der Waals surface area contributed by atoms with E-state index in [4.69, 9.17) is 5.10 Å². The molecule has 0 amide bonds. The Bertz CT molecular complexity index is 907. The fourth-order valence-electron chi connectivity index (χ4n) is 4.50. The summed E-state index contributed by atoms with van der Waals surface area (Å²) >= 11 is 0. The molecule has 3 heteroatoms. The molecule has 1 aromatic heterocycles. The minimum absolute atomic E-state index is 0.131. The highest BCUT2D eigenvalue weighted by atomic mass is 15.3. The maximum Gasteiger partial charge on any atom is 0.0778 e. The Balaban J connectivity index is 1.63. The van der Waals surface area contributed by atoms with E-state index < -0.39 is 0 Å². The van der Waals surface area contributed by atoms with Gasteiger partial charge in [-0.05, 0) is 30.9 Å². The molecule has 0 radical (unpaired) electrons. The van der Waals surface area contributed by atoms with Gasteiger partial charge in [-0.1, -0.05) is 60.7 Å². The Kier molecular flexibility index (Phi) is 3.71. The van der Waals surface area contributed by atoms with Gasteiger partial charge in [0.2, 0.25) is 0 Å². The maximum absolute atomic E-state index is 5.26. The van der Waals surface area contributed by atoms with Crippen LogP contribution in [0.5, 0.6) is 0 Å². The first-order valence-electron chi connectivity index (χ1n) is 9.71. The third-order valence-electron chi connectivity index (χ3n) is 6.14. The summed E-state index contributed by atoms with van der Waals surface area (Å²) < 4.78 is 2.31. The first kappa shape index (κ1) is 15.8. The Labute approximate surface area is 155 Å². The Morgan fingerprint density at radius 1 is 1.00 bits per heavy atom. The quantitative estimate of drug-likeness (QED) is 0.769. The number of hydrogen-bond donors (Lipinski definition) is 1. The fourth-order valence-corrected chi connectivity index (χ4v) is 4.50. The van der Waals surface area contributed by atoms with Crippen LogP contribution in [0, 0.1) is 0 Å². The monoisotopic (exact) mass is 343 g/mol. The van der Waals surface area contributed by atoms with Crippen LogP contribution in [-0.4, -0.2) is 16.3 Å². The highest BCUT2D eigenvalue weighted by Crippen LogP contribution is 2.54. The normalized spacial score (nSPS) is 19.0. The fraction of sp³-hybridized carbons (Fsp3) is 0.348. The van der Waals surface area contributed by atoms with Crippen LogP contribution in [0.4, 0.5) is 0 Å². The molecule has 1 aliphatic heterocycles. The molecule has 0 spiro atoms. The lowest BCUT2D eigenvalue weighted by Gasteiger charge is -2.20. The van der Waals surface area contributed by atoms with Crippen LogP contribution in [0.3, 0.4) is 0 Å². The van der Waals surface area contributed by atoms with E-state index in [9.17, 15) is 0 Å². The van der Waals surface area contributed by atoms with Gasteiger partial charge in [-0.2, -0.15) is 5.10 Å². The molecule has 0 saturated heterocycles. The molecule has 0 bridgehead atoms. The zero-order valence-electron chi connectivity index (χ0n) is 15.3. The average molecular weight is 343 g/mol. The molecule has 1 N–H and O–H groups in total. The van der Waals surface area contributed by atoms with Gasteiger partial charge in [0.05, 0.1) is 11.7 Å². The molecule has 2 aliphatic rings. The highest BCUT2D eigenvalue weighted by molar-refractivity contribution is 5.47. The Hall–Kier alpha value is -2.39. The van der Waals surface area contributed by atoms with E-state index in [0.717, 1.165) is 19.5 Å². The number of fused-ring (bicyclic) bond motifs is 1. The molecular formula is C23H25N3. The minimum atomic E-state index is 0.131. The molecule has 1 atom stereocenters. The van der Waals surface area contributed by atoms with Gasteiger partial charge in [0.1, 0.15) is 0 Å². The minimum Gasteiger partial charge on any atom is -0.312 e. The summed E-state index contributed by atoms with van der Waals surface area (Å²) in [5.41, 5.74) is 7.07. The number of rotatable bonds is 4. The molecule has 5 rings (SSSR count). The van der Waals surface area contributed by atoms with E-state index in [1.807, 2.05) is 0 Å². The second-order valence-electron chi connectivity index (χ2n) is 7.68. The maximum atomic E-state index is 5.26. The Morgan fingerprint density at radius 2 is 1.69 bits per heavy atom. The number of nitrogens with zero attached hydrogens (tertiary/aromatic N) is 2. The van der Waals surface area contributed by atoms with Crippen molar-refractivity contribution in [1.82, 2.24) is 15.1 Å². The van der Waals surface area contributed by atoms with Crippen molar-refractivity contribution in [1.29, 1.82) is 0 Å². The van der Waals surface area contributed by atoms with Gasteiger partial charge in [-0.15, -0.1) is 0 Å². The lowest BCUT2D eigenvalue weighted by molar-refractivity contribution is 0.513. The van der Waals surface area contributed by atoms with Gasteiger partial charge in [-0.25, -0.2) is 0 Å². The van der Waals surface area contributed by atoms with Gasteiger partial charge in [0, 0.05) is 36.2 Å². The van der Waals surface area contributed by atoms with Gasteiger partial charge < -0.3 is 5.32 Å². The number of nitrogens with one attached hydrogen (secondary N) is 1. The molecule has 2 heterocycles. The zero-order valence-corrected chi connectivity index (χ0v) is 15.3. The number of aromatic nitrogens is 2. The summed E-state index contributed by atoms with van der Waals surface area (Å²) in [6, 6.07) is 22.0. The first-order valence-corrected chi connectivity index (χ1v) is 9.71. The zero-order chi connectivity index (χ0) is 17.6. The van der Waals surface area contributed by atoms with E-state index >= 15 is 0 Å². The van der Waals surface area contributed by atoms with Crippen molar-refractivity contribution in [2.45, 2.75) is 44.2 Å². The average Bonchev–Trinajstić information content (AvgIpc) is 3.43. The van der Waals surface area contributed by atoms with Crippen LogP contribution in [0.2, 0.25) is 0 Å². The predicted molar refractivity (Wildman–Crippen MR) is 104 cm³/mol. The third kappa shape index (κ3) is 2.42. The van der Waals surface area contributed by atoms with Crippen molar-refractivity contribution >= 4 is 0 Å². The topological polar surface area (TPSA) is 29.9 Å². The van der Waals surface area contributed by atoms with Crippen molar-refractivity contribution < 1.29 is 0 Å². The molecule has 3 aromatic rings. The van der Waals surface area contributed by atoms with Crippen LogP contribution >= 0.6 is 0 Å². The van der Waals surface area contributed by atoms with Crippen LogP contribution in [0.1, 0.15) is 53.9 Å². The second-order valence-corrected chi connectivity index (χ2v) is 7.68. The molecule has 2 aromatic carbocycles. The molecule has 1 saturated carbocycles. The summed E-state index contributed by atoms with van der Waals surface area (Å²) in [5.74, 6) is 0. The van der Waals surface area contributed by atoms with E-state index in [-0.39, 0.29) is 11.5 Å². The van der Waals surface area contributed by atoms with Gasteiger partial charge in [0.25, 0.3) is 0 Å². The van der Waals surface area contributed by atoms with Crippen molar-refractivity contribution in [3.8, 4) is 0 Å². The smallest absolute Gasteiger partial charge is 0.0778 e. The summed E-state index contributed by atoms with van der Waals surface area (Å²) in [5, 5.41) is 8.83. The highest BCUT2D eigenvalue weighted by Gasteiger charge is 2.50. The lowest BCUT2D eigenvalue weighted by Crippen LogP contribution is -2.26. The van der Waals surface area contributed by atoms with Gasteiger partial charge in [0.15, 0.2) is 0 Å². The largest absolute Gasteiger partial charge is 0.312 e. The molecule has 1 aliphatic carbocycles. The SMILES string of the molecule is CC(c1ccccc1)n1nc(C2(c3ccccc3)CC2)c2c1CCNC2. The number of benzene rings is 2. The summed E-state index contributed by atoms with van der Waals surface area (Å²) in [6.07, 6.45) is 3.48. The van der Waals surface area contributed by atoms with Crippen molar-refractivity contribution in [3.63, 3.8) is 0 Å². The van der Waals surface area contributed by atoms with E-state index in [1.165, 1.54) is 40.9 Å².